The van der Waals surface area contributed by atoms with Gasteiger partial charge in [0.2, 0.25) is 0 Å². The quantitative estimate of drug-likeness (QED) is 0.476. The first kappa shape index (κ1) is 17.4. The summed E-state index contributed by atoms with van der Waals surface area (Å²) < 4.78 is 0. The first-order valence-electron chi connectivity index (χ1n) is 10.6. The molecule has 0 heterocycles. The Labute approximate surface area is 155 Å². The van der Waals surface area contributed by atoms with E-state index in [4.69, 9.17) is 0 Å². The van der Waals surface area contributed by atoms with Crippen molar-refractivity contribution in [2.75, 3.05) is 0 Å². The van der Waals surface area contributed by atoms with E-state index in [2.05, 4.69) is 52.2 Å². The summed E-state index contributed by atoms with van der Waals surface area (Å²) >= 11 is 0. The summed E-state index contributed by atoms with van der Waals surface area (Å²) in [5, 5.41) is 0. The normalized spacial score (nSPS) is 45.4. The zero-order chi connectivity index (χ0) is 17.8. The van der Waals surface area contributed by atoms with E-state index < -0.39 is 0 Å². The first-order chi connectivity index (χ1) is 11.9. The molecule has 2 saturated carbocycles. The van der Waals surface area contributed by atoms with Crippen molar-refractivity contribution in [1.82, 2.24) is 0 Å². The molecular weight excluding hydrogens is 300 g/mol. The number of fused-ring (bicyclic) bond motifs is 5. The van der Waals surface area contributed by atoms with E-state index in [0.29, 0.717) is 10.8 Å². The highest BCUT2D eigenvalue weighted by Crippen LogP contribution is 2.66. The highest BCUT2D eigenvalue weighted by atomic mass is 14.6. The Morgan fingerprint density at radius 1 is 1.16 bits per heavy atom. The molecule has 0 nitrogen and oxygen atoms in total. The highest BCUT2D eigenvalue weighted by Gasteiger charge is 2.57. The molecule has 0 N–H and O–H groups in total. The van der Waals surface area contributed by atoms with Crippen molar-refractivity contribution in [3.8, 4) is 0 Å². The van der Waals surface area contributed by atoms with Gasteiger partial charge in [-0.15, -0.1) is 0 Å². The van der Waals surface area contributed by atoms with E-state index in [1.807, 2.05) is 0 Å². The van der Waals surface area contributed by atoms with E-state index in [0.717, 1.165) is 30.1 Å². The molecule has 0 bridgehead atoms. The lowest BCUT2D eigenvalue weighted by Crippen LogP contribution is -2.48. The largest absolute Gasteiger partial charge is 0.0999 e. The van der Waals surface area contributed by atoms with Crippen molar-refractivity contribution in [1.29, 1.82) is 0 Å². The van der Waals surface area contributed by atoms with Gasteiger partial charge < -0.3 is 0 Å². The minimum Gasteiger partial charge on any atom is -0.0999 e. The molecule has 136 valence electrons. The average Bonchev–Trinajstić information content (AvgIpc) is 2.92. The van der Waals surface area contributed by atoms with Crippen LogP contribution in [0.15, 0.2) is 48.1 Å². The monoisotopic (exact) mass is 336 g/mol. The Kier molecular flexibility index (Phi) is 4.17. The van der Waals surface area contributed by atoms with Crippen LogP contribution in [-0.4, -0.2) is 0 Å². The van der Waals surface area contributed by atoms with Crippen LogP contribution in [0.5, 0.6) is 0 Å². The number of hydrogen-bond acceptors (Lipinski definition) is 0. The minimum atomic E-state index is 0.396. The molecular formula is C25H36. The lowest BCUT2D eigenvalue weighted by molar-refractivity contribution is -0.0136. The van der Waals surface area contributed by atoms with Crippen LogP contribution in [-0.2, 0) is 0 Å². The molecule has 0 aromatic heterocycles. The Morgan fingerprint density at radius 3 is 2.72 bits per heavy atom. The van der Waals surface area contributed by atoms with Crippen LogP contribution in [0, 0.1) is 34.5 Å². The molecule has 0 saturated heterocycles. The fourth-order valence-electron chi connectivity index (χ4n) is 7.02. The van der Waals surface area contributed by atoms with E-state index in [-0.39, 0.29) is 0 Å². The third-order valence-electron chi connectivity index (χ3n) is 8.87. The molecule has 4 aliphatic carbocycles. The Balaban J connectivity index is 1.64. The summed E-state index contributed by atoms with van der Waals surface area (Å²) in [6.45, 7) is 16.0. The van der Waals surface area contributed by atoms with Crippen LogP contribution in [0.3, 0.4) is 0 Å². The predicted molar refractivity (Wildman–Crippen MR) is 108 cm³/mol. The van der Waals surface area contributed by atoms with Gasteiger partial charge in [0.1, 0.15) is 0 Å². The summed E-state index contributed by atoms with van der Waals surface area (Å²) in [6.07, 6.45) is 18.1. The van der Waals surface area contributed by atoms with E-state index in [9.17, 15) is 0 Å². The van der Waals surface area contributed by atoms with Crippen molar-refractivity contribution >= 4 is 0 Å². The summed E-state index contributed by atoms with van der Waals surface area (Å²) in [5.74, 6) is 3.41. The summed E-state index contributed by atoms with van der Waals surface area (Å²) in [5.41, 5.74) is 5.31. The molecule has 0 radical (unpaired) electrons. The molecule has 0 heteroatoms. The van der Waals surface area contributed by atoms with Crippen LogP contribution in [0.25, 0.3) is 0 Å². The van der Waals surface area contributed by atoms with E-state index >= 15 is 0 Å². The van der Waals surface area contributed by atoms with Crippen LogP contribution in [0.1, 0.15) is 72.1 Å². The molecule has 0 spiro atoms. The van der Waals surface area contributed by atoms with Gasteiger partial charge >= 0.3 is 0 Å². The van der Waals surface area contributed by atoms with Gasteiger partial charge in [-0.3, -0.25) is 0 Å². The van der Waals surface area contributed by atoms with Gasteiger partial charge in [-0.25, -0.2) is 0 Å². The smallest absolute Gasteiger partial charge is 0.00382 e. The molecule has 0 aromatic carbocycles. The minimum absolute atomic E-state index is 0.396. The van der Waals surface area contributed by atoms with E-state index in [1.54, 1.807) is 5.57 Å². The third-order valence-corrected chi connectivity index (χ3v) is 8.87. The second-order valence-electron chi connectivity index (χ2n) is 9.95. The van der Waals surface area contributed by atoms with Gasteiger partial charge in [-0.2, -0.15) is 0 Å². The maximum atomic E-state index is 4.33. The second kappa shape index (κ2) is 6.00. The SMILES string of the molecule is C=C1C=C2C=CC3C(CCC4(C)C(CC(=C)CC)CCC34)C2(C)CC1. The number of hydrogen-bond donors (Lipinski definition) is 0. The Morgan fingerprint density at radius 2 is 1.96 bits per heavy atom. The van der Waals surface area contributed by atoms with E-state index in [1.165, 1.54) is 56.1 Å². The molecule has 6 atom stereocenters. The van der Waals surface area contributed by atoms with Crippen molar-refractivity contribution in [2.45, 2.75) is 72.1 Å². The molecule has 2 fully saturated rings. The molecule has 6 unspecified atom stereocenters. The lowest BCUT2D eigenvalue weighted by atomic mass is 9.48. The fourth-order valence-corrected chi connectivity index (χ4v) is 7.02. The maximum absolute atomic E-state index is 4.33. The Hall–Kier alpha value is -1.04. The third kappa shape index (κ3) is 2.54. The predicted octanol–water partition coefficient (Wildman–Crippen LogP) is 7.25. The summed E-state index contributed by atoms with van der Waals surface area (Å²) in [6, 6.07) is 0. The van der Waals surface area contributed by atoms with Crippen LogP contribution >= 0.6 is 0 Å². The lowest BCUT2D eigenvalue weighted by Gasteiger charge is -2.56. The van der Waals surface area contributed by atoms with Gasteiger partial charge in [0.05, 0.1) is 0 Å². The molecule has 0 amide bonds. The second-order valence-corrected chi connectivity index (χ2v) is 9.95. The zero-order valence-electron chi connectivity index (χ0n) is 16.6. The summed E-state index contributed by atoms with van der Waals surface area (Å²) in [7, 11) is 0. The highest BCUT2D eigenvalue weighted by molar-refractivity contribution is 5.41. The average molecular weight is 337 g/mol. The van der Waals surface area contributed by atoms with Crippen molar-refractivity contribution in [3.63, 3.8) is 0 Å². The topological polar surface area (TPSA) is 0 Å². The fraction of sp³-hybridized carbons (Fsp3) is 0.680. The van der Waals surface area contributed by atoms with Crippen LogP contribution in [0.4, 0.5) is 0 Å². The number of allylic oxidation sites excluding steroid dienone is 6. The Bertz CT molecular complexity index is 647. The number of rotatable bonds is 3. The van der Waals surface area contributed by atoms with Gasteiger partial charge in [-0.1, -0.05) is 63.3 Å². The first-order valence-corrected chi connectivity index (χ1v) is 10.6. The van der Waals surface area contributed by atoms with Crippen LogP contribution < -0.4 is 0 Å². The van der Waals surface area contributed by atoms with Gasteiger partial charge in [-0.05, 0) is 91.4 Å². The standard InChI is InChI=1S/C25H36/c1-6-17(2)15-20-8-10-22-21-9-7-19-16-18(3)11-13-24(19,4)23(21)12-14-25(20,22)5/h7,9,16,20-23H,2-3,6,8,10-15H2,1,4-5H3. The van der Waals surface area contributed by atoms with Gasteiger partial charge in [0.25, 0.3) is 0 Å². The molecule has 0 aromatic rings. The van der Waals surface area contributed by atoms with Crippen molar-refractivity contribution in [2.24, 2.45) is 34.5 Å². The van der Waals surface area contributed by atoms with Gasteiger partial charge in [0, 0.05) is 0 Å². The van der Waals surface area contributed by atoms with Crippen LogP contribution in [0.2, 0.25) is 0 Å². The molecule has 4 aliphatic rings. The van der Waals surface area contributed by atoms with Crippen molar-refractivity contribution < 1.29 is 0 Å². The van der Waals surface area contributed by atoms with Gasteiger partial charge in [0.15, 0.2) is 0 Å². The maximum Gasteiger partial charge on any atom is -0.00382 e. The zero-order valence-corrected chi connectivity index (χ0v) is 16.6. The molecule has 4 rings (SSSR count). The summed E-state index contributed by atoms with van der Waals surface area (Å²) in [4.78, 5) is 0. The molecule has 25 heavy (non-hydrogen) atoms. The molecule has 0 aliphatic heterocycles. The van der Waals surface area contributed by atoms with Crippen molar-refractivity contribution in [3.05, 3.63) is 48.1 Å².